The zero-order valence-electron chi connectivity index (χ0n) is 19.1. The van der Waals surface area contributed by atoms with E-state index in [4.69, 9.17) is 4.74 Å². The molecule has 1 N–H and O–H groups in total. The number of para-hydroxylation sites is 2. The molecule has 11 nitrogen and oxygen atoms in total. The number of rotatable bonds is 7. The van der Waals surface area contributed by atoms with Crippen LogP contribution in [-0.2, 0) is 30.8 Å². The van der Waals surface area contributed by atoms with Crippen molar-refractivity contribution in [2.24, 2.45) is 0 Å². The third-order valence-electron chi connectivity index (χ3n) is 6.22. The summed E-state index contributed by atoms with van der Waals surface area (Å²) in [5.41, 5.74) is 1.12. The number of sulfonamides is 1. The van der Waals surface area contributed by atoms with Crippen molar-refractivity contribution >= 4 is 38.5 Å². The third-order valence-corrected chi connectivity index (χ3v) is 8.24. The molecule has 2 atom stereocenters. The zero-order chi connectivity index (χ0) is 25.3. The lowest BCUT2D eigenvalue weighted by Gasteiger charge is -2.40. The Morgan fingerprint density at radius 3 is 2.60 bits per heavy atom. The van der Waals surface area contributed by atoms with E-state index in [1.807, 2.05) is 24.3 Å². The van der Waals surface area contributed by atoms with Crippen LogP contribution in [0.1, 0.15) is 12.5 Å². The maximum absolute atomic E-state index is 13.4. The Balaban J connectivity index is 1.63. The molecule has 2 heterocycles. The predicted octanol–water partition coefficient (Wildman–Crippen LogP) is 2.08. The van der Waals surface area contributed by atoms with Crippen LogP contribution in [0.5, 0.6) is 0 Å². The molecule has 0 bridgehead atoms. The van der Waals surface area contributed by atoms with Crippen LogP contribution in [-0.4, -0.2) is 71.7 Å². The van der Waals surface area contributed by atoms with Gasteiger partial charge < -0.3 is 14.6 Å². The van der Waals surface area contributed by atoms with Gasteiger partial charge >= 0.3 is 5.97 Å². The van der Waals surface area contributed by atoms with E-state index in [1.54, 1.807) is 6.20 Å². The van der Waals surface area contributed by atoms with Crippen molar-refractivity contribution in [3.8, 4) is 0 Å². The lowest BCUT2D eigenvalue weighted by Crippen LogP contribution is -2.61. The number of carbonyl (C=O) groups is 2. The highest BCUT2D eigenvalue weighted by Gasteiger charge is 2.44. The summed E-state index contributed by atoms with van der Waals surface area (Å²) in [5, 5.41) is 12.3. The van der Waals surface area contributed by atoms with E-state index < -0.39 is 49.5 Å². The van der Waals surface area contributed by atoms with Crippen molar-refractivity contribution in [1.29, 1.82) is 0 Å². The van der Waals surface area contributed by atoms with Crippen molar-refractivity contribution in [1.82, 2.24) is 14.2 Å². The average Bonchev–Trinajstić information content (AvgIpc) is 3.26. The van der Waals surface area contributed by atoms with Gasteiger partial charge in [0.15, 0.2) is 4.90 Å². The number of nitrogens with zero attached hydrogens (tertiary/aromatic N) is 3. The summed E-state index contributed by atoms with van der Waals surface area (Å²) in [6, 6.07) is 10.4. The molecule has 1 saturated heterocycles. The largest absolute Gasteiger partial charge is 0.467 e. The van der Waals surface area contributed by atoms with Gasteiger partial charge in [-0.05, 0) is 24.6 Å². The predicted molar refractivity (Wildman–Crippen MR) is 126 cm³/mol. The molecule has 12 heteroatoms. The number of nitrogens with one attached hydrogen (secondary N) is 1. The number of piperazine rings is 1. The molecule has 184 valence electrons. The van der Waals surface area contributed by atoms with Gasteiger partial charge in [0.1, 0.15) is 12.1 Å². The SMILES string of the molecule is COC(=O)[C@H](Cc1c[nH]c2ccccc12)N1CCN(S(=O)(=O)c2ccccc2[N+](=O)[O-])[C@@H](C)C1=O. The number of methoxy groups -OCH3 is 1. The van der Waals surface area contributed by atoms with Gasteiger partial charge in [0, 0.05) is 42.7 Å². The number of carbonyl (C=O) groups excluding carboxylic acids is 2. The molecule has 4 rings (SSSR count). The fraction of sp³-hybridized carbons (Fsp3) is 0.304. The molecule has 2 aromatic carbocycles. The fourth-order valence-electron chi connectivity index (χ4n) is 4.43. The lowest BCUT2D eigenvalue weighted by molar-refractivity contribution is -0.387. The number of aromatic nitrogens is 1. The number of hydrogen-bond donors (Lipinski definition) is 1. The van der Waals surface area contributed by atoms with Gasteiger partial charge in [-0.25, -0.2) is 13.2 Å². The van der Waals surface area contributed by atoms with Crippen LogP contribution in [0.25, 0.3) is 10.9 Å². The van der Waals surface area contributed by atoms with E-state index in [-0.39, 0.29) is 19.5 Å². The maximum atomic E-state index is 13.4. The second-order valence-corrected chi connectivity index (χ2v) is 10.0. The van der Waals surface area contributed by atoms with Crippen LogP contribution in [0.3, 0.4) is 0 Å². The van der Waals surface area contributed by atoms with Crippen LogP contribution in [0.15, 0.2) is 59.6 Å². The topological polar surface area (TPSA) is 143 Å². The van der Waals surface area contributed by atoms with E-state index in [0.717, 1.165) is 32.9 Å². The maximum Gasteiger partial charge on any atom is 0.328 e. The number of hydrogen-bond acceptors (Lipinski definition) is 7. The highest BCUT2D eigenvalue weighted by Crippen LogP contribution is 2.30. The van der Waals surface area contributed by atoms with Gasteiger partial charge in [0.05, 0.1) is 12.0 Å². The van der Waals surface area contributed by atoms with E-state index in [1.165, 1.54) is 31.1 Å². The summed E-state index contributed by atoms with van der Waals surface area (Å²) >= 11 is 0. The molecule has 0 spiro atoms. The van der Waals surface area contributed by atoms with Gasteiger partial charge in [0.2, 0.25) is 5.91 Å². The van der Waals surface area contributed by atoms with E-state index in [2.05, 4.69) is 4.98 Å². The third kappa shape index (κ3) is 4.37. The van der Waals surface area contributed by atoms with Crippen LogP contribution >= 0.6 is 0 Å². The number of ether oxygens (including phenoxy) is 1. The van der Waals surface area contributed by atoms with Gasteiger partial charge in [-0.15, -0.1) is 0 Å². The minimum Gasteiger partial charge on any atom is -0.467 e. The van der Waals surface area contributed by atoms with Gasteiger partial charge in [0.25, 0.3) is 15.7 Å². The number of H-pyrrole nitrogens is 1. The molecule has 0 aliphatic carbocycles. The Morgan fingerprint density at radius 1 is 1.20 bits per heavy atom. The second kappa shape index (κ2) is 9.47. The number of fused-ring (bicyclic) bond motifs is 1. The summed E-state index contributed by atoms with van der Waals surface area (Å²) in [6.07, 6.45) is 1.94. The molecule has 1 aliphatic rings. The molecule has 1 amide bonds. The van der Waals surface area contributed by atoms with Crippen LogP contribution < -0.4 is 0 Å². The first kappa shape index (κ1) is 24.4. The first-order valence-corrected chi connectivity index (χ1v) is 12.3. The van der Waals surface area contributed by atoms with Crippen LogP contribution in [0.2, 0.25) is 0 Å². The summed E-state index contributed by atoms with van der Waals surface area (Å²) in [6.45, 7) is 1.19. The van der Waals surface area contributed by atoms with Gasteiger partial charge in [-0.3, -0.25) is 14.9 Å². The Bertz CT molecular complexity index is 1400. The molecule has 1 aromatic heterocycles. The minimum absolute atomic E-state index is 0.0782. The number of amides is 1. The van der Waals surface area contributed by atoms with Crippen LogP contribution in [0.4, 0.5) is 5.69 Å². The molecule has 1 fully saturated rings. The molecule has 0 saturated carbocycles. The Morgan fingerprint density at radius 2 is 1.89 bits per heavy atom. The quantitative estimate of drug-likeness (QED) is 0.297. The normalized spacial score (nSPS) is 17.9. The molecule has 0 radical (unpaired) electrons. The molecular formula is C23H24N4O7S. The standard InChI is InChI=1S/C23H24N4O7S/c1-15-22(28)25(11-12-26(15)35(32,33)21-10-6-5-9-19(21)27(30)31)20(23(29)34-2)13-16-14-24-18-8-4-3-7-17(16)18/h3-10,14-15,20,24H,11-13H2,1-2H3/t15-,20-/m0/s1. The van der Waals surface area contributed by atoms with E-state index >= 15 is 0 Å². The summed E-state index contributed by atoms with van der Waals surface area (Å²) < 4.78 is 32.5. The van der Waals surface area contributed by atoms with Gasteiger partial charge in [-0.1, -0.05) is 30.3 Å². The van der Waals surface area contributed by atoms with Crippen molar-refractivity contribution in [2.75, 3.05) is 20.2 Å². The zero-order valence-corrected chi connectivity index (χ0v) is 19.9. The molecular weight excluding hydrogens is 476 g/mol. The monoisotopic (exact) mass is 500 g/mol. The minimum atomic E-state index is -4.35. The first-order chi connectivity index (χ1) is 16.7. The number of benzene rings is 2. The fourth-order valence-corrected chi connectivity index (χ4v) is 6.17. The highest BCUT2D eigenvalue weighted by molar-refractivity contribution is 7.89. The Kier molecular flexibility index (Phi) is 6.59. The molecule has 3 aromatic rings. The van der Waals surface area contributed by atoms with E-state index in [9.17, 15) is 28.1 Å². The summed E-state index contributed by atoms with van der Waals surface area (Å²) in [4.78, 5) is 40.7. The van der Waals surface area contributed by atoms with Crippen molar-refractivity contribution in [3.63, 3.8) is 0 Å². The van der Waals surface area contributed by atoms with Crippen LogP contribution in [0, 0.1) is 10.1 Å². The number of nitro groups is 1. The number of nitro benzene ring substituents is 1. The second-order valence-electron chi connectivity index (χ2n) is 8.15. The smallest absolute Gasteiger partial charge is 0.328 e. The molecule has 35 heavy (non-hydrogen) atoms. The number of aromatic amines is 1. The number of esters is 1. The Labute approximate surface area is 201 Å². The summed E-state index contributed by atoms with van der Waals surface area (Å²) in [7, 11) is -3.12. The molecule has 1 aliphatic heterocycles. The lowest BCUT2D eigenvalue weighted by atomic mass is 10.0. The first-order valence-electron chi connectivity index (χ1n) is 10.9. The average molecular weight is 501 g/mol. The van der Waals surface area contributed by atoms with Gasteiger partial charge in [-0.2, -0.15) is 4.31 Å². The molecule has 0 unspecified atom stereocenters. The van der Waals surface area contributed by atoms with E-state index in [0.29, 0.717) is 0 Å². The Hall–Kier alpha value is -3.77. The summed E-state index contributed by atoms with van der Waals surface area (Å²) in [5.74, 6) is -1.21. The highest BCUT2D eigenvalue weighted by atomic mass is 32.2. The van der Waals surface area contributed by atoms with Crippen molar-refractivity contribution < 1.29 is 27.7 Å². The van der Waals surface area contributed by atoms with Crippen molar-refractivity contribution in [2.45, 2.75) is 30.3 Å². The van der Waals surface area contributed by atoms with Crippen molar-refractivity contribution in [3.05, 3.63) is 70.4 Å².